The zero-order chi connectivity index (χ0) is 16.7. The lowest BCUT2D eigenvalue weighted by Gasteiger charge is -2.11. The van der Waals surface area contributed by atoms with Gasteiger partial charge in [-0.3, -0.25) is 5.10 Å². The van der Waals surface area contributed by atoms with E-state index in [0.717, 1.165) is 26.8 Å². The molecule has 0 amide bonds. The largest absolute Gasteiger partial charge is 0.483 e. The first-order chi connectivity index (χ1) is 11.6. The van der Waals surface area contributed by atoms with Gasteiger partial charge in [0.05, 0.1) is 5.52 Å². The average molecular weight is 401 g/mol. The average Bonchev–Trinajstić information content (AvgIpc) is 3.03. The van der Waals surface area contributed by atoms with Gasteiger partial charge in [-0.2, -0.15) is 0 Å². The van der Waals surface area contributed by atoms with Crippen LogP contribution in [-0.2, 0) is 0 Å². The third kappa shape index (κ3) is 2.70. The molecule has 0 saturated carbocycles. The Balaban J connectivity index is 1.77. The Bertz CT molecular complexity index is 1090. The van der Waals surface area contributed by atoms with Crippen LogP contribution in [-0.4, -0.2) is 19.6 Å². The van der Waals surface area contributed by atoms with E-state index in [9.17, 15) is 0 Å². The Hall–Kier alpha value is -2.25. The minimum Gasteiger partial charge on any atom is -0.483 e. The summed E-state index contributed by atoms with van der Waals surface area (Å²) in [7, 11) is 0. The summed E-state index contributed by atoms with van der Waals surface area (Å²) in [5, 5.41) is 4.14. The molecule has 7 heteroatoms. The molecule has 0 spiro atoms. The molecule has 1 atom stereocenters. The van der Waals surface area contributed by atoms with E-state index in [1.807, 2.05) is 55.5 Å². The van der Waals surface area contributed by atoms with Gasteiger partial charge in [0.25, 0.3) is 0 Å². The van der Waals surface area contributed by atoms with E-state index >= 15 is 0 Å². The number of nitrogens with one attached hydrogen (secondary N) is 1. The number of para-hydroxylation sites is 1. The van der Waals surface area contributed by atoms with Crippen LogP contribution in [0.1, 0.15) is 18.9 Å². The molecule has 0 aliphatic rings. The van der Waals surface area contributed by atoms with Crippen molar-refractivity contribution in [1.82, 2.24) is 19.6 Å². The van der Waals surface area contributed by atoms with Crippen molar-refractivity contribution in [2.75, 3.05) is 0 Å². The summed E-state index contributed by atoms with van der Waals surface area (Å²) in [4.78, 5) is 9.11. The maximum absolute atomic E-state index is 5.95. The van der Waals surface area contributed by atoms with Crippen molar-refractivity contribution in [3.05, 3.63) is 63.6 Å². The fourth-order valence-electron chi connectivity index (χ4n) is 2.54. The highest BCUT2D eigenvalue weighted by molar-refractivity contribution is 9.10. The number of aromatic nitrogens is 4. The van der Waals surface area contributed by atoms with E-state index in [0.29, 0.717) is 10.6 Å². The normalized spacial score (nSPS) is 12.6. The summed E-state index contributed by atoms with van der Waals surface area (Å²) in [6.07, 6.45) is -0.251. The Kier molecular flexibility index (Phi) is 3.82. The van der Waals surface area contributed by atoms with E-state index in [1.54, 1.807) is 4.52 Å². The Morgan fingerprint density at radius 2 is 1.88 bits per heavy atom. The monoisotopic (exact) mass is 400 g/mol. The zero-order valence-corrected chi connectivity index (χ0v) is 15.1. The number of benzene rings is 2. The lowest BCUT2D eigenvalue weighted by Crippen LogP contribution is -2.05. The number of hydrogen-bond acceptors (Lipinski definition) is 4. The highest BCUT2D eigenvalue weighted by atomic mass is 79.9. The zero-order valence-electron chi connectivity index (χ0n) is 12.7. The highest BCUT2D eigenvalue weighted by Gasteiger charge is 2.15. The lowest BCUT2D eigenvalue weighted by molar-refractivity contribution is 0.216. The fourth-order valence-corrected chi connectivity index (χ4v) is 3.04. The number of fused-ring (bicyclic) bond motifs is 3. The molecule has 4 aromatic rings. The summed E-state index contributed by atoms with van der Waals surface area (Å²) >= 11 is 8.77. The van der Waals surface area contributed by atoms with Crippen LogP contribution in [0.25, 0.3) is 16.6 Å². The first-order valence-corrected chi connectivity index (χ1v) is 8.61. The number of halogens is 1. The number of H-pyrrole nitrogens is 1. The Labute approximate surface area is 151 Å². The second-order valence-corrected chi connectivity index (χ2v) is 6.67. The Morgan fingerprint density at radius 3 is 2.67 bits per heavy atom. The molecule has 120 valence electrons. The topological polar surface area (TPSA) is 55.2 Å². The molecule has 1 N–H and O–H groups in total. The molecule has 0 aliphatic heterocycles. The number of nitrogens with zero attached hydrogens (tertiary/aromatic N) is 3. The van der Waals surface area contributed by atoms with Crippen molar-refractivity contribution in [1.29, 1.82) is 0 Å². The molecule has 0 aliphatic carbocycles. The minimum atomic E-state index is -0.251. The molecule has 0 unspecified atom stereocenters. The molecule has 24 heavy (non-hydrogen) atoms. The molecule has 0 bridgehead atoms. The number of aromatic amines is 1. The van der Waals surface area contributed by atoms with Gasteiger partial charge in [0, 0.05) is 9.86 Å². The molecule has 0 saturated heterocycles. The molecular formula is C17H13BrN4OS. The molecule has 0 radical (unpaired) electrons. The molecule has 2 aromatic carbocycles. The summed E-state index contributed by atoms with van der Waals surface area (Å²) in [5.41, 5.74) is 1.59. The highest BCUT2D eigenvalue weighted by Crippen LogP contribution is 2.23. The molecule has 2 heterocycles. The van der Waals surface area contributed by atoms with Crippen LogP contribution in [0.3, 0.4) is 0 Å². The SMILES string of the molecule is C[C@@H](Oc1ccc(Br)cc1)c1nc2c3ccccc3nc(=S)n2[nH]1. The van der Waals surface area contributed by atoms with Crippen molar-refractivity contribution >= 4 is 44.7 Å². The molecule has 2 aromatic heterocycles. The van der Waals surface area contributed by atoms with Gasteiger partial charge in [-0.25, -0.2) is 14.5 Å². The van der Waals surface area contributed by atoms with Crippen LogP contribution in [0, 0.1) is 4.77 Å². The standard InChI is InChI=1S/C17H13BrN4OS/c1-10(23-12-8-6-11(18)7-9-12)15-20-16-13-4-2-3-5-14(13)19-17(24)22(16)21-15/h2-10H,1H3,(H,20,21)/t10-/m1/s1. The van der Waals surface area contributed by atoms with Crippen LogP contribution in [0.5, 0.6) is 5.75 Å². The maximum Gasteiger partial charge on any atom is 0.221 e. The second kappa shape index (κ2) is 5.99. The van der Waals surface area contributed by atoms with Gasteiger partial charge in [-0.1, -0.05) is 28.1 Å². The lowest BCUT2D eigenvalue weighted by atomic mass is 10.2. The Morgan fingerprint density at radius 1 is 1.12 bits per heavy atom. The molecule has 0 fully saturated rings. The van der Waals surface area contributed by atoms with E-state index in [-0.39, 0.29) is 6.10 Å². The van der Waals surface area contributed by atoms with Crippen LogP contribution in [0.2, 0.25) is 0 Å². The van der Waals surface area contributed by atoms with Gasteiger partial charge in [-0.15, -0.1) is 0 Å². The third-order valence-corrected chi connectivity index (χ3v) is 4.53. The van der Waals surface area contributed by atoms with Gasteiger partial charge in [-0.05, 0) is 55.5 Å². The van der Waals surface area contributed by atoms with Crippen LogP contribution < -0.4 is 4.74 Å². The number of hydrogen-bond donors (Lipinski definition) is 1. The fraction of sp³-hybridized carbons (Fsp3) is 0.118. The van der Waals surface area contributed by atoms with E-state index < -0.39 is 0 Å². The van der Waals surface area contributed by atoms with Crippen molar-refractivity contribution in [2.45, 2.75) is 13.0 Å². The molecule has 5 nitrogen and oxygen atoms in total. The number of rotatable bonds is 3. The van der Waals surface area contributed by atoms with Crippen LogP contribution >= 0.6 is 28.1 Å². The van der Waals surface area contributed by atoms with E-state index in [2.05, 4.69) is 31.0 Å². The maximum atomic E-state index is 5.95. The predicted octanol–water partition coefficient (Wildman–Crippen LogP) is 4.84. The summed E-state index contributed by atoms with van der Waals surface area (Å²) < 4.78 is 9.12. The van der Waals surface area contributed by atoms with Gasteiger partial charge >= 0.3 is 0 Å². The minimum absolute atomic E-state index is 0.251. The molecular weight excluding hydrogens is 388 g/mol. The van der Waals surface area contributed by atoms with Crippen LogP contribution in [0.4, 0.5) is 0 Å². The summed E-state index contributed by atoms with van der Waals surface area (Å²) in [5.74, 6) is 1.47. The van der Waals surface area contributed by atoms with Crippen molar-refractivity contribution in [3.63, 3.8) is 0 Å². The first kappa shape index (κ1) is 15.3. The van der Waals surface area contributed by atoms with Crippen molar-refractivity contribution in [3.8, 4) is 5.75 Å². The predicted molar refractivity (Wildman–Crippen MR) is 98.9 cm³/mol. The third-order valence-electron chi connectivity index (χ3n) is 3.73. The van der Waals surface area contributed by atoms with E-state index in [4.69, 9.17) is 17.0 Å². The van der Waals surface area contributed by atoms with Gasteiger partial charge in [0.15, 0.2) is 17.6 Å². The first-order valence-electron chi connectivity index (χ1n) is 7.41. The summed E-state index contributed by atoms with van der Waals surface area (Å²) in [6.45, 7) is 1.94. The van der Waals surface area contributed by atoms with E-state index in [1.165, 1.54) is 0 Å². The molecule has 4 rings (SSSR count). The van der Waals surface area contributed by atoms with Gasteiger partial charge in [0.1, 0.15) is 5.75 Å². The quantitative estimate of drug-likeness (QED) is 0.499. The van der Waals surface area contributed by atoms with Crippen molar-refractivity contribution < 1.29 is 4.74 Å². The van der Waals surface area contributed by atoms with Gasteiger partial charge < -0.3 is 4.74 Å². The van der Waals surface area contributed by atoms with Gasteiger partial charge in [0.2, 0.25) is 4.77 Å². The smallest absolute Gasteiger partial charge is 0.221 e. The summed E-state index contributed by atoms with van der Waals surface area (Å²) in [6, 6.07) is 15.5. The number of ether oxygens (including phenoxy) is 1. The second-order valence-electron chi connectivity index (χ2n) is 5.39. The van der Waals surface area contributed by atoms with Crippen LogP contribution in [0.15, 0.2) is 53.0 Å². The van der Waals surface area contributed by atoms with Crippen molar-refractivity contribution in [2.24, 2.45) is 0 Å².